The monoisotopic (exact) mass is 559 g/mol. The van der Waals surface area contributed by atoms with Crippen molar-refractivity contribution in [3.05, 3.63) is 36.0 Å². The summed E-state index contributed by atoms with van der Waals surface area (Å²) in [6.45, 7) is 3.60. The third-order valence-corrected chi connectivity index (χ3v) is 6.13. The topological polar surface area (TPSA) is 253 Å². The summed E-state index contributed by atoms with van der Waals surface area (Å²) in [5, 5.41) is 17.8. The third-order valence-electron chi connectivity index (χ3n) is 6.13. The first-order valence-electron chi connectivity index (χ1n) is 12.8. The van der Waals surface area contributed by atoms with E-state index in [0.717, 1.165) is 10.9 Å². The van der Waals surface area contributed by atoms with Crippen molar-refractivity contribution in [2.24, 2.45) is 23.1 Å². The summed E-state index contributed by atoms with van der Waals surface area (Å²) in [7, 11) is 0. The third kappa shape index (κ3) is 9.69. The molecule has 218 valence electrons. The van der Waals surface area contributed by atoms with Crippen LogP contribution in [-0.4, -0.2) is 69.8 Å². The number of carbonyl (C=O) groups excluding carboxylic acids is 5. The lowest BCUT2D eigenvalue weighted by Gasteiger charge is -2.25. The van der Waals surface area contributed by atoms with Crippen LogP contribution in [0, 0.1) is 5.92 Å². The van der Waals surface area contributed by atoms with Crippen LogP contribution in [0.3, 0.4) is 0 Å². The lowest BCUT2D eigenvalue weighted by Crippen LogP contribution is -2.58. The highest BCUT2D eigenvalue weighted by atomic mass is 16.4. The molecule has 0 saturated carbocycles. The summed E-state index contributed by atoms with van der Waals surface area (Å²) in [6.07, 6.45) is 0.956. The number of aliphatic carboxylic acids is 1. The van der Waals surface area contributed by atoms with E-state index in [1.54, 1.807) is 32.2 Å². The SMILES string of the molecule is CC(C)CC(NC(=O)C(N)CCC(N)=O)C(=O)NC(CC(N)=O)C(=O)NC(Cc1c[nH]c2ccccc12)C(=O)O. The van der Waals surface area contributed by atoms with Crippen LogP contribution >= 0.6 is 0 Å². The Morgan fingerprint density at radius 3 is 2.08 bits per heavy atom. The number of primary amides is 2. The van der Waals surface area contributed by atoms with Gasteiger partial charge in [-0.1, -0.05) is 32.0 Å². The average molecular weight is 560 g/mol. The Morgan fingerprint density at radius 1 is 0.875 bits per heavy atom. The first kappa shape index (κ1) is 31.8. The lowest BCUT2D eigenvalue weighted by atomic mass is 10.0. The highest BCUT2D eigenvalue weighted by Gasteiger charge is 2.32. The molecule has 0 saturated heterocycles. The number of carbonyl (C=O) groups is 6. The van der Waals surface area contributed by atoms with Gasteiger partial charge in [0, 0.05) is 29.9 Å². The minimum Gasteiger partial charge on any atom is -0.480 e. The minimum atomic E-state index is -1.51. The Labute approximate surface area is 230 Å². The summed E-state index contributed by atoms with van der Waals surface area (Å²) in [5.74, 6) is -5.39. The van der Waals surface area contributed by atoms with Gasteiger partial charge in [-0.05, 0) is 30.4 Å². The number of H-pyrrole nitrogens is 1. The number of nitrogens with two attached hydrogens (primary N) is 3. The van der Waals surface area contributed by atoms with Gasteiger partial charge in [0.2, 0.25) is 29.5 Å². The van der Waals surface area contributed by atoms with E-state index in [1.807, 2.05) is 12.1 Å². The molecule has 0 aliphatic heterocycles. The summed E-state index contributed by atoms with van der Waals surface area (Å²) in [4.78, 5) is 76.5. The molecule has 0 fully saturated rings. The van der Waals surface area contributed by atoms with Crippen molar-refractivity contribution >= 4 is 46.4 Å². The molecule has 5 amide bonds. The van der Waals surface area contributed by atoms with Gasteiger partial charge >= 0.3 is 5.97 Å². The van der Waals surface area contributed by atoms with Crippen molar-refractivity contribution in [2.75, 3.05) is 0 Å². The second-order valence-corrected chi connectivity index (χ2v) is 10.00. The molecular formula is C26H37N7O7. The number of amides is 5. The maximum atomic E-state index is 13.1. The summed E-state index contributed by atoms with van der Waals surface area (Å²) >= 11 is 0. The lowest BCUT2D eigenvalue weighted by molar-refractivity contribution is -0.142. The summed E-state index contributed by atoms with van der Waals surface area (Å²) < 4.78 is 0. The smallest absolute Gasteiger partial charge is 0.326 e. The zero-order valence-corrected chi connectivity index (χ0v) is 22.4. The molecule has 4 atom stereocenters. The second-order valence-electron chi connectivity index (χ2n) is 10.00. The molecule has 0 radical (unpaired) electrons. The Balaban J connectivity index is 2.17. The standard InChI is InChI=1S/C26H37N7O7/c1-13(2)9-18(31-23(36)16(27)7-8-21(28)34)24(37)32-19(11-22(29)35)25(38)33-20(26(39)40)10-14-12-30-17-6-4-3-5-15(14)17/h3-6,12-13,16,18-20,30H,7-11,27H2,1-2H3,(H2,28,34)(H2,29,35)(H,31,36)(H,32,37)(H,33,38)(H,39,40). The fourth-order valence-corrected chi connectivity index (χ4v) is 4.09. The Hall–Kier alpha value is -4.46. The molecule has 14 heteroatoms. The largest absolute Gasteiger partial charge is 0.480 e. The molecule has 4 unspecified atom stereocenters. The number of hydrogen-bond acceptors (Lipinski definition) is 7. The van der Waals surface area contributed by atoms with Gasteiger partial charge in [0.05, 0.1) is 12.5 Å². The number of benzene rings is 1. The van der Waals surface area contributed by atoms with E-state index in [1.165, 1.54) is 0 Å². The number of rotatable bonds is 16. The maximum absolute atomic E-state index is 13.1. The number of aromatic amines is 1. The van der Waals surface area contributed by atoms with Crippen LogP contribution in [-0.2, 0) is 35.2 Å². The number of para-hydroxylation sites is 1. The van der Waals surface area contributed by atoms with E-state index in [0.29, 0.717) is 5.56 Å². The van der Waals surface area contributed by atoms with Crippen molar-refractivity contribution in [1.82, 2.24) is 20.9 Å². The predicted octanol–water partition coefficient (Wildman–Crippen LogP) is -1.24. The van der Waals surface area contributed by atoms with Crippen LogP contribution < -0.4 is 33.2 Å². The van der Waals surface area contributed by atoms with E-state index in [-0.39, 0.29) is 31.6 Å². The minimum absolute atomic E-state index is 0.0309. The van der Waals surface area contributed by atoms with Gasteiger partial charge in [0.15, 0.2) is 0 Å². The van der Waals surface area contributed by atoms with Crippen molar-refractivity contribution in [2.45, 2.75) is 70.1 Å². The van der Waals surface area contributed by atoms with Crippen LogP contribution in [0.15, 0.2) is 30.5 Å². The molecule has 0 spiro atoms. The first-order valence-corrected chi connectivity index (χ1v) is 12.8. The molecule has 0 aliphatic rings. The normalized spacial score (nSPS) is 14.1. The van der Waals surface area contributed by atoms with Crippen molar-refractivity contribution in [1.29, 1.82) is 0 Å². The van der Waals surface area contributed by atoms with E-state index in [9.17, 15) is 33.9 Å². The van der Waals surface area contributed by atoms with Gasteiger partial charge in [-0.2, -0.15) is 0 Å². The van der Waals surface area contributed by atoms with Gasteiger partial charge in [-0.25, -0.2) is 4.79 Å². The van der Waals surface area contributed by atoms with Crippen LogP contribution in [0.4, 0.5) is 0 Å². The average Bonchev–Trinajstić information content (AvgIpc) is 3.28. The molecule has 1 aromatic heterocycles. The van der Waals surface area contributed by atoms with Crippen LogP contribution in [0.5, 0.6) is 0 Å². The maximum Gasteiger partial charge on any atom is 0.326 e. The molecule has 2 aromatic rings. The Bertz CT molecular complexity index is 1240. The number of carboxylic acids is 1. The van der Waals surface area contributed by atoms with Crippen molar-refractivity contribution < 1.29 is 33.9 Å². The van der Waals surface area contributed by atoms with Crippen LogP contribution in [0.25, 0.3) is 10.9 Å². The number of hydrogen-bond donors (Lipinski definition) is 8. The number of aromatic nitrogens is 1. The van der Waals surface area contributed by atoms with E-state index in [2.05, 4.69) is 20.9 Å². The fraction of sp³-hybridized carbons (Fsp3) is 0.462. The van der Waals surface area contributed by atoms with Gasteiger partial charge in [-0.3, -0.25) is 24.0 Å². The highest BCUT2D eigenvalue weighted by Crippen LogP contribution is 2.19. The van der Waals surface area contributed by atoms with E-state index >= 15 is 0 Å². The number of nitrogens with one attached hydrogen (secondary N) is 4. The van der Waals surface area contributed by atoms with Gasteiger partial charge in [-0.15, -0.1) is 0 Å². The van der Waals surface area contributed by atoms with Crippen LogP contribution in [0.1, 0.15) is 45.1 Å². The molecule has 1 aromatic carbocycles. The first-order chi connectivity index (χ1) is 18.8. The summed E-state index contributed by atoms with van der Waals surface area (Å²) in [5.41, 5.74) is 17.6. The molecule has 40 heavy (non-hydrogen) atoms. The van der Waals surface area contributed by atoms with E-state index < -0.39 is 66.1 Å². The van der Waals surface area contributed by atoms with E-state index in [4.69, 9.17) is 17.2 Å². The quantitative estimate of drug-likeness (QED) is 0.123. The highest BCUT2D eigenvalue weighted by molar-refractivity contribution is 5.96. The molecule has 2 rings (SSSR count). The molecule has 1 heterocycles. The zero-order valence-electron chi connectivity index (χ0n) is 22.4. The number of fused-ring (bicyclic) bond motifs is 1. The molecule has 11 N–H and O–H groups in total. The van der Waals surface area contributed by atoms with Gasteiger partial charge < -0.3 is 43.2 Å². The molecule has 0 aliphatic carbocycles. The second kappa shape index (κ2) is 14.6. The molecule has 0 bridgehead atoms. The number of carboxylic acid groups (broad SMARTS) is 1. The Morgan fingerprint density at radius 2 is 1.48 bits per heavy atom. The van der Waals surface area contributed by atoms with Crippen molar-refractivity contribution in [3.8, 4) is 0 Å². The molecular weight excluding hydrogens is 522 g/mol. The Kier molecular flexibility index (Phi) is 11.6. The van der Waals surface area contributed by atoms with Crippen molar-refractivity contribution in [3.63, 3.8) is 0 Å². The fourth-order valence-electron chi connectivity index (χ4n) is 4.09. The van der Waals surface area contributed by atoms with Gasteiger partial charge in [0.25, 0.3) is 0 Å². The van der Waals surface area contributed by atoms with Crippen LogP contribution in [0.2, 0.25) is 0 Å². The summed E-state index contributed by atoms with van der Waals surface area (Å²) in [6, 6.07) is 2.10. The predicted molar refractivity (Wildman–Crippen MR) is 145 cm³/mol. The zero-order chi connectivity index (χ0) is 30.0. The van der Waals surface area contributed by atoms with Gasteiger partial charge in [0.1, 0.15) is 18.1 Å². The molecule has 14 nitrogen and oxygen atoms in total.